The van der Waals surface area contributed by atoms with Crippen LogP contribution in [0, 0.1) is 0 Å². The van der Waals surface area contributed by atoms with Crippen LogP contribution in [0.1, 0.15) is 0 Å². The summed E-state index contributed by atoms with van der Waals surface area (Å²) in [6.07, 6.45) is 0. The Balaban J connectivity index is 1.22. The van der Waals surface area contributed by atoms with Crippen molar-refractivity contribution < 1.29 is 8.83 Å². The average Bonchev–Trinajstić information content (AvgIpc) is 3.74. The molecule has 3 heterocycles. The summed E-state index contributed by atoms with van der Waals surface area (Å²) in [6, 6.07) is 48.9. The summed E-state index contributed by atoms with van der Waals surface area (Å²) in [5.41, 5.74) is 7.72. The second-order valence-corrected chi connectivity index (χ2v) is 12.6. The van der Waals surface area contributed by atoms with Gasteiger partial charge in [0, 0.05) is 32.1 Å². The predicted octanol–water partition coefficient (Wildman–Crippen LogP) is 12.1. The number of hydrogen-bond donors (Lipinski definition) is 0. The first-order valence-electron chi connectivity index (χ1n) is 16.0. The molecule has 0 saturated carbocycles. The van der Waals surface area contributed by atoms with Crippen molar-refractivity contribution in [1.82, 2.24) is 15.0 Å². The third-order valence-electron chi connectivity index (χ3n) is 9.21. The van der Waals surface area contributed by atoms with E-state index < -0.39 is 0 Å². The summed E-state index contributed by atoms with van der Waals surface area (Å²) < 4.78 is 13.0. The molecule has 230 valence electrons. The largest absolute Gasteiger partial charge is 0.455 e. The van der Waals surface area contributed by atoms with Crippen molar-refractivity contribution in [3.8, 4) is 45.3 Å². The van der Waals surface area contributed by atoms with Gasteiger partial charge in [-0.3, -0.25) is 0 Å². The zero-order valence-electron chi connectivity index (χ0n) is 25.9. The lowest BCUT2D eigenvalue weighted by Crippen LogP contribution is -2.00. The molecular weight excluding hydrogens is 626 g/mol. The number of halogens is 1. The molecule has 0 N–H and O–H groups in total. The maximum atomic E-state index is 6.59. The molecule has 0 unspecified atom stereocenters. The van der Waals surface area contributed by atoms with Crippen LogP contribution in [0.5, 0.6) is 0 Å². The van der Waals surface area contributed by atoms with Gasteiger partial charge in [-0.15, -0.1) is 0 Å². The van der Waals surface area contributed by atoms with Gasteiger partial charge in [0.05, 0.1) is 11.1 Å². The molecule has 3 aromatic heterocycles. The normalized spacial score (nSPS) is 11.8. The molecule has 6 heteroatoms. The molecule has 0 aliphatic rings. The minimum Gasteiger partial charge on any atom is -0.455 e. The molecule has 10 rings (SSSR count). The highest BCUT2D eigenvalue weighted by atomic mass is 35.5. The lowest BCUT2D eigenvalue weighted by atomic mass is 10.0. The van der Waals surface area contributed by atoms with E-state index in [1.165, 1.54) is 0 Å². The fourth-order valence-electron chi connectivity index (χ4n) is 6.88. The number of nitrogens with zero attached hydrogens (tertiary/aromatic N) is 3. The van der Waals surface area contributed by atoms with Crippen molar-refractivity contribution in [3.63, 3.8) is 0 Å². The van der Waals surface area contributed by atoms with E-state index in [1.54, 1.807) is 0 Å². The number of para-hydroxylation sites is 3. The van der Waals surface area contributed by atoms with Gasteiger partial charge in [-0.25, -0.2) is 15.0 Å². The molecule has 10 aromatic rings. The molecule has 0 amide bonds. The van der Waals surface area contributed by atoms with E-state index in [0.717, 1.165) is 76.9 Å². The number of rotatable bonds is 4. The second kappa shape index (κ2) is 10.9. The monoisotopic (exact) mass is 649 g/mol. The van der Waals surface area contributed by atoms with E-state index >= 15 is 0 Å². The molecule has 0 aliphatic carbocycles. The van der Waals surface area contributed by atoms with Crippen LogP contribution in [0.4, 0.5) is 0 Å². The number of hydrogen-bond acceptors (Lipinski definition) is 5. The first kappa shape index (κ1) is 27.8. The van der Waals surface area contributed by atoms with Gasteiger partial charge in [-0.1, -0.05) is 121 Å². The van der Waals surface area contributed by atoms with E-state index in [4.69, 9.17) is 35.4 Å². The second-order valence-electron chi connectivity index (χ2n) is 12.1. The van der Waals surface area contributed by atoms with Crippen molar-refractivity contribution in [3.05, 3.63) is 151 Å². The topological polar surface area (TPSA) is 65.0 Å². The molecular formula is C43H24ClN3O2. The summed E-state index contributed by atoms with van der Waals surface area (Å²) in [7, 11) is 0. The maximum absolute atomic E-state index is 6.59. The summed E-state index contributed by atoms with van der Waals surface area (Å²) in [4.78, 5) is 15.3. The number of benzene rings is 7. The van der Waals surface area contributed by atoms with Crippen molar-refractivity contribution >= 4 is 66.3 Å². The standard InChI is InChI=1S/C43H24ClN3O2/c44-29-22-20-27-21-23-37-38(35(27)24-29)32-12-7-14-34(40(32)49-37)43-46-41(28-18-16-26(17-19-28)25-8-2-1-3-9-25)45-42(47-43)33-13-6-11-31-30-10-4-5-15-36(30)48-39(31)33/h1-24H. The Morgan fingerprint density at radius 1 is 0.408 bits per heavy atom. The van der Waals surface area contributed by atoms with Crippen LogP contribution >= 0.6 is 11.6 Å². The SMILES string of the molecule is Clc1ccc2ccc3oc4c(-c5nc(-c6ccc(-c7ccccc7)cc6)nc(-c6cccc7c6oc6ccccc67)n5)cccc4c3c2c1. The van der Waals surface area contributed by atoms with E-state index in [1.807, 2.05) is 84.9 Å². The average molecular weight is 650 g/mol. The zero-order valence-corrected chi connectivity index (χ0v) is 26.6. The smallest absolute Gasteiger partial charge is 0.167 e. The zero-order chi connectivity index (χ0) is 32.5. The lowest BCUT2D eigenvalue weighted by Gasteiger charge is -2.10. The summed E-state index contributed by atoms with van der Waals surface area (Å²) in [6.45, 7) is 0. The Morgan fingerprint density at radius 2 is 1.00 bits per heavy atom. The van der Waals surface area contributed by atoms with Crippen LogP contribution in [0.15, 0.2) is 154 Å². The first-order chi connectivity index (χ1) is 24.2. The number of furan rings is 2. The van der Waals surface area contributed by atoms with Crippen LogP contribution in [0.25, 0.3) is 99.9 Å². The molecule has 7 aromatic carbocycles. The summed E-state index contributed by atoms with van der Waals surface area (Å²) in [5, 5.41) is 6.83. The highest BCUT2D eigenvalue weighted by molar-refractivity contribution is 6.32. The van der Waals surface area contributed by atoms with E-state index in [9.17, 15) is 0 Å². The molecule has 5 nitrogen and oxygen atoms in total. The molecule has 0 atom stereocenters. The fourth-order valence-corrected chi connectivity index (χ4v) is 7.05. The molecule has 49 heavy (non-hydrogen) atoms. The molecule has 0 saturated heterocycles. The molecule has 0 spiro atoms. The minimum absolute atomic E-state index is 0.507. The Morgan fingerprint density at radius 3 is 1.80 bits per heavy atom. The number of fused-ring (bicyclic) bond motifs is 8. The highest BCUT2D eigenvalue weighted by Crippen LogP contribution is 2.41. The van der Waals surface area contributed by atoms with Crippen LogP contribution in [0.3, 0.4) is 0 Å². The summed E-state index contributed by atoms with van der Waals surface area (Å²) >= 11 is 6.46. The third-order valence-corrected chi connectivity index (χ3v) is 9.45. The predicted molar refractivity (Wildman–Crippen MR) is 199 cm³/mol. The van der Waals surface area contributed by atoms with Gasteiger partial charge in [0.1, 0.15) is 22.3 Å². The van der Waals surface area contributed by atoms with Gasteiger partial charge in [-0.05, 0) is 58.3 Å². The van der Waals surface area contributed by atoms with Gasteiger partial charge >= 0.3 is 0 Å². The minimum atomic E-state index is 0.507. The van der Waals surface area contributed by atoms with Crippen LogP contribution in [-0.2, 0) is 0 Å². The Kier molecular flexibility index (Phi) is 6.16. The van der Waals surface area contributed by atoms with Gasteiger partial charge in [-0.2, -0.15) is 0 Å². The van der Waals surface area contributed by atoms with Gasteiger partial charge in [0.15, 0.2) is 17.5 Å². The van der Waals surface area contributed by atoms with E-state index in [-0.39, 0.29) is 0 Å². The molecule has 0 fully saturated rings. The van der Waals surface area contributed by atoms with Crippen LogP contribution in [0.2, 0.25) is 5.02 Å². The molecule has 0 radical (unpaired) electrons. The Hall–Kier alpha value is -6.30. The van der Waals surface area contributed by atoms with Gasteiger partial charge < -0.3 is 8.83 Å². The summed E-state index contributed by atoms with van der Waals surface area (Å²) in [5.74, 6) is 1.58. The Labute approximate surface area is 285 Å². The third kappa shape index (κ3) is 4.51. The maximum Gasteiger partial charge on any atom is 0.167 e. The highest BCUT2D eigenvalue weighted by Gasteiger charge is 2.21. The van der Waals surface area contributed by atoms with Crippen molar-refractivity contribution in [2.24, 2.45) is 0 Å². The quantitative estimate of drug-likeness (QED) is 0.190. The lowest BCUT2D eigenvalue weighted by molar-refractivity contribution is 0.669. The van der Waals surface area contributed by atoms with Gasteiger partial charge in [0.25, 0.3) is 0 Å². The number of aromatic nitrogens is 3. The van der Waals surface area contributed by atoms with Crippen molar-refractivity contribution in [1.29, 1.82) is 0 Å². The van der Waals surface area contributed by atoms with Crippen molar-refractivity contribution in [2.45, 2.75) is 0 Å². The first-order valence-corrected chi connectivity index (χ1v) is 16.4. The Bertz CT molecular complexity index is 2890. The van der Waals surface area contributed by atoms with Crippen LogP contribution in [-0.4, -0.2) is 15.0 Å². The van der Waals surface area contributed by atoms with Crippen molar-refractivity contribution in [2.75, 3.05) is 0 Å². The molecule has 0 bridgehead atoms. The van der Waals surface area contributed by atoms with E-state index in [0.29, 0.717) is 28.1 Å². The van der Waals surface area contributed by atoms with E-state index in [2.05, 4.69) is 60.7 Å². The fraction of sp³-hybridized carbons (Fsp3) is 0. The molecule has 0 aliphatic heterocycles. The van der Waals surface area contributed by atoms with Crippen LogP contribution < -0.4 is 0 Å². The van der Waals surface area contributed by atoms with Gasteiger partial charge in [0.2, 0.25) is 0 Å².